The van der Waals surface area contributed by atoms with Crippen molar-refractivity contribution >= 4 is 5.97 Å². The lowest BCUT2D eigenvalue weighted by Gasteiger charge is -2.07. The van der Waals surface area contributed by atoms with E-state index in [0.29, 0.717) is 12.2 Å². The van der Waals surface area contributed by atoms with Crippen LogP contribution < -0.4 is 5.73 Å². The molecular formula is C14H21NO2. The summed E-state index contributed by atoms with van der Waals surface area (Å²) in [6.45, 7) is 4.37. The molecule has 0 aliphatic heterocycles. The van der Waals surface area contributed by atoms with Gasteiger partial charge in [-0.05, 0) is 44.7 Å². The van der Waals surface area contributed by atoms with E-state index >= 15 is 0 Å². The molecule has 0 bridgehead atoms. The second-order valence-electron chi connectivity index (χ2n) is 4.42. The van der Waals surface area contributed by atoms with E-state index in [1.165, 1.54) is 0 Å². The highest BCUT2D eigenvalue weighted by Crippen LogP contribution is 2.09. The van der Waals surface area contributed by atoms with E-state index in [1.54, 1.807) is 6.07 Å². The summed E-state index contributed by atoms with van der Waals surface area (Å²) in [5, 5.41) is 0. The van der Waals surface area contributed by atoms with Crippen LogP contribution in [0.1, 0.15) is 42.1 Å². The zero-order chi connectivity index (χ0) is 12.7. The summed E-state index contributed by atoms with van der Waals surface area (Å²) in [6, 6.07) is 7.68. The molecule has 0 heterocycles. The number of esters is 1. The van der Waals surface area contributed by atoms with Crippen LogP contribution in [0.4, 0.5) is 0 Å². The van der Waals surface area contributed by atoms with E-state index < -0.39 is 0 Å². The van der Waals surface area contributed by atoms with Crippen LogP contribution in [0.2, 0.25) is 0 Å². The number of ether oxygens (including phenoxy) is 1. The Bertz CT molecular complexity index is 361. The number of carbonyl (C=O) groups is 1. The topological polar surface area (TPSA) is 52.3 Å². The average molecular weight is 235 g/mol. The Balaban J connectivity index is 2.29. The zero-order valence-electron chi connectivity index (χ0n) is 10.6. The first-order valence-electron chi connectivity index (χ1n) is 6.09. The molecule has 1 aromatic rings. The third-order valence-corrected chi connectivity index (χ3v) is 2.65. The minimum Gasteiger partial charge on any atom is -0.462 e. The Morgan fingerprint density at radius 3 is 2.71 bits per heavy atom. The van der Waals surface area contributed by atoms with E-state index in [9.17, 15) is 4.79 Å². The molecule has 0 amide bonds. The van der Waals surface area contributed by atoms with Gasteiger partial charge in [0.2, 0.25) is 0 Å². The van der Waals surface area contributed by atoms with E-state index in [0.717, 1.165) is 24.8 Å². The van der Waals surface area contributed by atoms with Gasteiger partial charge in [0.05, 0.1) is 12.2 Å². The number of nitrogens with two attached hydrogens (primary N) is 1. The van der Waals surface area contributed by atoms with Crippen molar-refractivity contribution in [2.24, 2.45) is 5.73 Å². The summed E-state index contributed by atoms with van der Waals surface area (Å²) >= 11 is 0. The number of hydrogen-bond acceptors (Lipinski definition) is 3. The highest BCUT2D eigenvalue weighted by Gasteiger charge is 2.08. The maximum Gasteiger partial charge on any atom is 0.338 e. The van der Waals surface area contributed by atoms with Crippen LogP contribution in [0.15, 0.2) is 24.3 Å². The van der Waals surface area contributed by atoms with Crippen LogP contribution in [0, 0.1) is 6.92 Å². The number of unbranched alkanes of at least 4 members (excludes halogenated alkanes) is 1. The third-order valence-electron chi connectivity index (χ3n) is 2.65. The third kappa shape index (κ3) is 5.00. The summed E-state index contributed by atoms with van der Waals surface area (Å²) in [5.74, 6) is -0.233. The van der Waals surface area contributed by atoms with Gasteiger partial charge in [-0.3, -0.25) is 0 Å². The molecular weight excluding hydrogens is 214 g/mol. The Kier molecular flexibility index (Phi) is 5.70. The Hall–Kier alpha value is -1.35. The monoisotopic (exact) mass is 235 g/mol. The molecule has 1 rings (SSSR count). The van der Waals surface area contributed by atoms with Crippen molar-refractivity contribution in [1.29, 1.82) is 0 Å². The van der Waals surface area contributed by atoms with Crippen LogP contribution in [-0.4, -0.2) is 18.6 Å². The highest BCUT2D eigenvalue weighted by atomic mass is 16.5. The van der Waals surface area contributed by atoms with Crippen LogP contribution in [-0.2, 0) is 4.74 Å². The molecule has 17 heavy (non-hydrogen) atoms. The fourth-order valence-corrected chi connectivity index (χ4v) is 1.61. The van der Waals surface area contributed by atoms with Gasteiger partial charge in [-0.25, -0.2) is 4.79 Å². The van der Waals surface area contributed by atoms with Gasteiger partial charge in [-0.1, -0.05) is 18.2 Å². The van der Waals surface area contributed by atoms with Crippen molar-refractivity contribution in [2.75, 3.05) is 6.61 Å². The van der Waals surface area contributed by atoms with Gasteiger partial charge < -0.3 is 10.5 Å². The Labute approximate surface area is 103 Å². The number of aryl methyl sites for hydroxylation is 1. The molecule has 0 radical (unpaired) electrons. The maximum absolute atomic E-state index is 11.7. The summed E-state index contributed by atoms with van der Waals surface area (Å²) in [5.41, 5.74) is 7.24. The first kappa shape index (κ1) is 13.7. The van der Waals surface area contributed by atoms with Crippen molar-refractivity contribution in [2.45, 2.75) is 39.2 Å². The second-order valence-corrected chi connectivity index (χ2v) is 4.42. The molecule has 3 nitrogen and oxygen atoms in total. The van der Waals surface area contributed by atoms with Gasteiger partial charge in [0.15, 0.2) is 0 Å². The minimum absolute atomic E-state index is 0.224. The number of benzene rings is 1. The number of hydrogen-bond donors (Lipinski definition) is 1. The fourth-order valence-electron chi connectivity index (χ4n) is 1.61. The molecule has 0 aliphatic carbocycles. The minimum atomic E-state index is -0.233. The summed E-state index contributed by atoms with van der Waals surface area (Å²) < 4.78 is 5.21. The summed E-state index contributed by atoms with van der Waals surface area (Å²) in [7, 11) is 0. The van der Waals surface area contributed by atoms with Crippen molar-refractivity contribution in [3.05, 3.63) is 35.4 Å². The maximum atomic E-state index is 11.7. The van der Waals surface area contributed by atoms with E-state index in [2.05, 4.69) is 0 Å². The second kappa shape index (κ2) is 7.07. The van der Waals surface area contributed by atoms with Crippen molar-refractivity contribution in [3.63, 3.8) is 0 Å². The van der Waals surface area contributed by atoms with Gasteiger partial charge >= 0.3 is 5.97 Å². The first-order valence-corrected chi connectivity index (χ1v) is 6.09. The van der Waals surface area contributed by atoms with Crippen LogP contribution in [0.25, 0.3) is 0 Å². The average Bonchev–Trinajstić information content (AvgIpc) is 2.28. The molecule has 1 aromatic carbocycles. The Morgan fingerprint density at radius 1 is 1.35 bits per heavy atom. The van der Waals surface area contributed by atoms with Gasteiger partial charge in [-0.15, -0.1) is 0 Å². The van der Waals surface area contributed by atoms with Gasteiger partial charge in [0.25, 0.3) is 0 Å². The number of carbonyl (C=O) groups excluding carboxylic acids is 1. The molecule has 0 spiro atoms. The molecule has 1 unspecified atom stereocenters. The van der Waals surface area contributed by atoms with Crippen LogP contribution in [0.5, 0.6) is 0 Å². The molecule has 2 N–H and O–H groups in total. The Morgan fingerprint density at radius 2 is 2.06 bits per heavy atom. The zero-order valence-corrected chi connectivity index (χ0v) is 10.6. The lowest BCUT2D eigenvalue weighted by Crippen LogP contribution is -2.14. The first-order chi connectivity index (χ1) is 8.11. The molecule has 0 aliphatic rings. The van der Waals surface area contributed by atoms with E-state index in [4.69, 9.17) is 10.5 Å². The lowest BCUT2D eigenvalue weighted by molar-refractivity contribution is 0.0497. The largest absolute Gasteiger partial charge is 0.462 e. The summed E-state index contributed by atoms with van der Waals surface area (Å²) in [6.07, 6.45) is 2.85. The molecule has 0 saturated carbocycles. The van der Waals surface area contributed by atoms with Crippen molar-refractivity contribution in [1.82, 2.24) is 0 Å². The molecule has 0 fully saturated rings. The van der Waals surface area contributed by atoms with E-state index in [-0.39, 0.29) is 12.0 Å². The van der Waals surface area contributed by atoms with Gasteiger partial charge in [0, 0.05) is 6.04 Å². The smallest absolute Gasteiger partial charge is 0.338 e. The molecule has 1 atom stereocenters. The quantitative estimate of drug-likeness (QED) is 0.609. The van der Waals surface area contributed by atoms with Crippen molar-refractivity contribution < 1.29 is 9.53 Å². The predicted octanol–water partition coefficient (Wildman–Crippen LogP) is 2.67. The fraction of sp³-hybridized carbons (Fsp3) is 0.500. The highest BCUT2D eigenvalue weighted by molar-refractivity contribution is 5.90. The van der Waals surface area contributed by atoms with Crippen molar-refractivity contribution in [3.8, 4) is 0 Å². The lowest BCUT2D eigenvalue weighted by atomic mass is 10.1. The standard InChI is InChI=1S/C14H21NO2/c1-11-7-3-4-9-13(11)14(16)17-10-6-5-8-12(2)15/h3-4,7,9,12H,5-6,8,10,15H2,1-2H3. The molecule has 0 saturated heterocycles. The number of rotatable bonds is 6. The summed E-state index contributed by atoms with van der Waals surface area (Å²) in [4.78, 5) is 11.7. The predicted molar refractivity (Wildman–Crippen MR) is 69.0 cm³/mol. The molecule has 94 valence electrons. The van der Waals surface area contributed by atoms with Gasteiger partial charge in [0.1, 0.15) is 0 Å². The molecule has 0 aromatic heterocycles. The SMILES string of the molecule is Cc1ccccc1C(=O)OCCCCC(C)N. The molecule has 3 heteroatoms. The van der Waals surface area contributed by atoms with Crippen LogP contribution in [0.3, 0.4) is 0 Å². The normalized spacial score (nSPS) is 12.2. The van der Waals surface area contributed by atoms with Crippen LogP contribution >= 0.6 is 0 Å². The van der Waals surface area contributed by atoms with E-state index in [1.807, 2.05) is 32.0 Å². The van der Waals surface area contributed by atoms with Gasteiger partial charge in [-0.2, -0.15) is 0 Å².